The fourth-order valence-corrected chi connectivity index (χ4v) is 3.18. The van der Waals surface area contributed by atoms with Gasteiger partial charge in [0.1, 0.15) is 12.1 Å². The minimum atomic E-state index is 0.737. The van der Waals surface area contributed by atoms with Crippen LogP contribution in [0.15, 0.2) is 73.4 Å². The van der Waals surface area contributed by atoms with Crippen LogP contribution in [0, 0.1) is 6.92 Å². The van der Waals surface area contributed by atoms with Crippen molar-refractivity contribution in [1.82, 2.24) is 19.9 Å². The molecule has 0 aliphatic carbocycles. The molecular formula is C22H21N5. The zero-order valence-electron chi connectivity index (χ0n) is 15.3. The van der Waals surface area contributed by atoms with E-state index in [-0.39, 0.29) is 0 Å². The number of rotatable bonds is 6. The molecule has 0 saturated carbocycles. The van der Waals surface area contributed by atoms with Gasteiger partial charge >= 0.3 is 0 Å². The highest BCUT2D eigenvalue weighted by Crippen LogP contribution is 2.25. The van der Waals surface area contributed by atoms with Gasteiger partial charge in [-0.3, -0.25) is 9.97 Å². The number of nitrogens with zero attached hydrogens (tertiary/aromatic N) is 5. The van der Waals surface area contributed by atoms with E-state index in [1.165, 1.54) is 5.56 Å². The summed E-state index contributed by atoms with van der Waals surface area (Å²) >= 11 is 0. The van der Waals surface area contributed by atoms with E-state index in [0.29, 0.717) is 0 Å². The van der Waals surface area contributed by atoms with Crippen molar-refractivity contribution >= 4 is 16.7 Å². The molecule has 4 aromatic rings. The van der Waals surface area contributed by atoms with Crippen LogP contribution in [0.3, 0.4) is 0 Å². The third-order valence-electron chi connectivity index (χ3n) is 4.53. The summed E-state index contributed by atoms with van der Waals surface area (Å²) in [5.74, 6) is 0.948. The van der Waals surface area contributed by atoms with Crippen LogP contribution in [-0.4, -0.2) is 26.5 Å². The highest BCUT2D eigenvalue weighted by Gasteiger charge is 2.14. The molecule has 0 saturated heterocycles. The molecule has 0 fully saturated rings. The molecule has 0 aliphatic heterocycles. The van der Waals surface area contributed by atoms with Crippen LogP contribution in [0.4, 0.5) is 5.82 Å². The van der Waals surface area contributed by atoms with E-state index >= 15 is 0 Å². The Balaban J connectivity index is 1.70. The molecule has 5 heteroatoms. The number of aryl methyl sites for hydroxylation is 1. The van der Waals surface area contributed by atoms with Gasteiger partial charge in [-0.05, 0) is 42.8 Å². The predicted molar refractivity (Wildman–Crippen MR) is 108 cm³/mol. The van der Waals surface area contributed by atoms with Crippen molar-refractivity contribution in [3.05, 3.63) is 90.3 Å². The Kier molecular flexibility index (Phi) is 5.01. The van der Waals surface area contributed by atoms with E-state index in [1.807, 2.05) is 30.6 Å². The average molecular weight is 355 g/mol. The zero-order valence-corrected chi connectivity index (χ0v) is 15.3. The molecule has 0 N–H and O–H groups in total. The molecule has 4 rings (SSSR count). The molecule has 1 aromatic carbocycles. The van der Waals surface area contributed by atoms with Crippen LogP contribution in [-0.2, 0) is 13.0 Å². The molecule has 0 spiro atoms. The van der Waals surface area contributed by atoms with Gasteiger partial charge in [0, 0.05) is 49.2 Å². The Morgan fingerprint density at radius 3 is 2.70 bits per heavy atom. The van der Waals surface area contributed by atoms with Gasteiger partial charge in [0.25, 0.3) is 0 Å². The van der Waals surface area contributed by atoms with Crippen LogP contribution < -0.4 is 4.90 Å². The zero-order chi connectivity index (χ0) is 18.5. The summed E-state index contributed by atoms with van der Waals surface area (Å²) in [5.41, 5.74) is 4.38. The minimum Gasteiger partial charge on any atom is -0.351 e. The molecule has 3 heterocycles. The lowest BCUT2D eigenvalue weighted by Gasteiger charge is -2.25. The highest BCUT2D eigenvalue weighted by atomic mass is 15.2. The quantitative estimate of drug-likeness (QED) is 0.524. The maximum absolute atomic E-state index is 4.63. The largest absolute Gasteiger partial charge is 0.351 e. The Hall–Kier alpha value is -3.34. The second-order valence-electron chi connectivity index (χ2n) is 6.57. The molecule has 27 heavy (non-hydrogen) atoms. The first-order valence-corrected chi connectivity index (χ1v) is 9.05. The first kappa shape index (κ1) is 17.1. The Labute approximate surface area is 158 Å². The molecule has 0 radical (unpaired) electrons. The van der Waals surface area contributed by atoms with E-state index in [0.717, 1.165) is 47.5 Å². The molecule has 0 amide bonds. The van der Waals surface area contributed by atoms with Gasteiger partial charge in [-0.1, -0.05) is 23.8 Å². The van der Waals surface area contributed by atoms with E-state index in [9.17, 15) is 0 Å². The molecule has 3 aromatic heterocycles. The van der Waals surface area contributed by atoms with Gasteiger partial charge in [-0.25, -0.2) is 9.97 Å². The number of fused-ring (bicyclic) bond motifs is 1. The fourth-order valence-electron chi connectivity index (χ4n) is 3.18. The van der Waals surface area contributed by atoms with Gasteiger partial charge in [0.2, 0.25) is 0 Å². The molecular weight excluding hydrogens is 334 g/mol. The van der Waals surface area contributed by atoms with Crippen molar-refractivity contribution in [2.75, 3.05) is 11.4 Å². The maximum atomic E-state index is 4.63. The van der Waals surface area contributed by atoms with E-state index in [2.05, 4.69) is 62.1 Å². The number of pyridine rings is 2. The van der Waals surface area contributed by atoms with Gasteiger partial charge < -0.3 is 4.90 Å². The molecule has 134 valence electrons. The smallest absolute Gasteiger partial charge is 0.140 e. The summed E-state index contributed by atoms with van der Waals surface area (Å²) in [5, 5.41) is 1.07. The van der Waals surface area contributed by atoms with Gasteiger partial charge in [-0.15, -0.1) is 0 Å². The van der Waals surface area contributed by atoms with Crippen LogP contribution in [0.5, 0.6) is 0 Å². The van der Waals surface area contributed by atoms with Crippen LogP contribution in [0.2, 0.25) is 0 Å². The fraction of sp³-hybridized carbons (Fsp3) is 0.182. The number of hydrogen-bond donors (Lipinski definition) is 0. The topological polar surface area (TPSA) is 54.8 Å². The summed E-state index contributed by atoms with van der Waals surface area (Å²) in [6.07, 6.45) is 8.03. The number of anilines is 1. The van der Waals surface area contributed by atoms with E-state index < -0.39 is 0 Å². The second kappa shape index (κ2) is 7.91. The van der Waals surface area contributed by atoms with Gasteiger partial charge in [0.05, 0.1) is 5.52 Å². The third-order valence-corrected chi connectivity index (χ3v) is 4.53. The van der Waals surface area contributed by atoms with E-state index in [1.54, 1.807) is 12.5 Å². The lowest BCUT2D eigenvalue weighted by molar-refractivity contribution is 0.758. The van der Waals surface area contributed by atoms with Crippen molar-refractivity contribution in [2.45, 2.75) is 19.9 Å². The van der Waals surface area contributed by atoms with Gasteiger partial charge in [-0.2, -0.15) is 0 Å². The Bertz CT molecular complexity index is 1020. The van der Waals surface area contributed by atoms with Crippen molar-refractivity contribution in [3.8, 4) is 0 Å². The van der Waals surface area contributed by atoms with Crippen molar-refractivity contribution in [1.29, 1.82) is 0 Å². The number of hydrogen-bond acceptors (Lipinski definition) is 5. The lowest BCUT2D eigenvalue weighted by atomic mass is 10.1. The first-order valence-electron chi connectivity index (χ1n) is 9.05. The SMILES string of the molecule is Cc1ccc2ncnc(N(CCc3ccccn3)Cc3cccnc3)c2c1. The number of benzene rings is 1. The van der Waals surface area contributed by atoms with Crippen LogP contribution in [0.1, 0.15) is 16.8 Å². The summed E-state index contributed by atoms with van der Waals surface area (Å²) in [6, 6.07) is 16.4. The van der Waals surface area contributed by atoms with Crippen LogP contribution >= 0.6 is 0 Å². The van der Waals surface area contributed by atoms with Crippen LogP contribution in [0.25, 0.3) is 10.9 Å². The Morgan fingerprint density at radius 2 is 1.89 bits per heavy atom. The van der Waals surface area contributed by atoms with Crippen molar-refractivity contribution in [2.24, 2.45) is 0 Å². The molecule has 0 unspecified atom stereocenters. The normalized spacial score (nSPS) is 10.9. The monoisotopic (exact) mass is 355 g/mol. The summed E-state index contributed by atoms with van der Waals surface area (Å²) < 4.78 is 0. The maximum Gasteiger partial charge on any atom is 0.140 e. The van der Waals surface area contributed by atoms with Crippen molar-refractivity contribution in [3.63, 3.8) is 0 Å². The summed E-state index contributed by atoms with van der Waals surface area (Å²) in [4.78, 5) is 20.1. The van der Waals surface area contributed by atoms with E-state index in [4.69, 9.17) is 0 Å². The summed E-state index contributed by atoms with van der Waals surface area (Å²) in [6.45, 7) is 3.64. The first-order chi connectivity index (χ1) is 13.3. The minimum absolute atomic E-state index is 0.737. The molecule has 5 nitrogen and oxygen atoms in total. The second-order valence-corrected chi connectivity index (χ2v) is 6.57. The standard InChI is InChI=1S/C22H21N5/c1-17-7-8-21-20(13-17)22(26-16-25-21)27(15-18-5-4-10-23-14-18)12-9-19-6-2-3-11-24-19/h2-8,10-11,13-14,16H,9,12,15H2,1H3. The molecule has 0 atom stereocenters. The van der Waals surface area contributed by atoms with Gasteiger partial charge in [0.15, 0.2) is 0 Å². The lowest BCUT2D eigenvalue weighted by Crippen LogP contribution is -2.27. The average Bonchev–Trinajstić information content (AvgIpc) is 2.72. The molecule has 0 aliphatic rings. The molecule has 0 bridgehead atoms. The predicted octanol–water partition coefficient (Wildman–Crippen LogP) is 3.98. The summed E-state index contributed by atoms with van der Waals surface area (Å²) in [7, 11) is 0. The third kappa shape index (κ3) is 4.08. The highest BCUT2D eigenvalue weighted by molar-refractivity contribution is 5.89. The number of aromatic nitrogens is 4. The van der Waals surface area contributed by atoms with Crippen molar-refractivity contribution < 1.29 is 0 Å². The Morgan fingerprint density at radius 1 is 0.926 bits per heavy atom.